The number of benzene rings is 1. The van der Waals surface area contributed by atoms with E-state index in [1.165, 1.54) is 11.3 Å². The Kier molecular flexibility index (Phi) is 5.97. The molecule has 1 aliphatic rings. The third-order valence-corrected chi connectivity index (χ3v) is 6.55. The van der Waals surface area contributed by atoms with Crippen LogP contribution in [-0.4, -0.2) is 40.4 Å². The van der Waals surface area contributed by atoms with Crippen molar-refractivity contribution >= 4 is 34.8 Å². The molecule has 1 aliphatic heterocycles. The number of nitrogens with zero attached hydrogens (tertiary/aromatic N) is 2. The van der Waals surface area contributed by atoms with Gasteiger partial charge in [-0.15, -0.1) is 0 Å². The second kappa shape index (κ2) is 8.66. The van der Waals surface area contributed by atoms with Gasteiger partial charge in [0, 0.05) is 52.2 Å². The first-order chi connectivity index (χ1) is 14.4. The van der Waals surface area contributed by atoms with Gasteiger partial charge in [-0.05, 0) is 62.4 Å². The number of hydrogen-bond acceptors (Lipinski definition) is 3. The van der Waals surface area contributed by atoms with Gasteiger partial charge >= 0.3 is 0 Å². The lowest BCUT2D eigenvalue weighted by atomic mass is 10.0. The highest BCUT2D eigenvalue weighted by atomic mass is 35.5. The molecule has 30 heavy (non-hydrogen) atoms. The monoisotopic (exact) mass is 441 g/mol. The van der Waals surface area contributed by atoms with Gasteiger partial charge in [-0.25, -0.2) is 0 Å². The number of aryl methyl sites for hydroxylation is 1. The molecule has 0 radical (unpaired) electrons. The van der Waals surface area contributed by atoms with Crippen LogP contribution in [0.2, 0.25) is 5.02 Å². The lowest BCUT2D eigenvalue weighted by Gasteiger charge is -2.32. The Morgan fingerprint density at radius 2 is 1.90 bits per heavy atom. The molecule has 2 aromatic heterocycles. The van der Waals surface area contributed by atoms with Gasteiger partial charge in [-0.2, -0.15) is 11.3 Å². The number of thiophene rings is 1. The summed E-state index contributed by atoms with van der Waals surface area (Å²) < 4.78 is 2.06. The van der Waals surface area contributed by atoms with Gasteiger partial charge in [0.1, 0.15) is 0 Å². The fourth-order valence-corrected chi connectivity index (χ4v) is 4.87. The molecule has 0 bridgehead atoms. The molecule has 4 rings (SSSR count). The maximum atomic E-state index is 13.2. The average Bonchev–Trinajstić information content (AvgIpc) is 3.36. The van der Waals surface area contributed by atoms with Gasteiger partial charge in [0.05, 0.1) is 5.56 Å². The first-order valence-corrected chi connectivity index (χ1v) is 11.3. The Morgan fingerprint density at radius 1 is 1.13 bits per heavy atom. The Balaban J connectivity index is 1.43. The van der Waals surface area contributed by atoms with Crippen molar-refractivity contribution in [3.8, 4) is 5.69 Å². The summed E-state index contributed by atoms with van der Waals surface area (Å²) >= 11 is 7.67. The lowest BCUT2D eigenvalue weighted by Crippen LogP contribution is -2.46. The number of rotatable bonds is 4. The second-order valence-electron chi connectivity index (χ2n) is 7.65. The zero-order valence-electron chi connectivity index (χ0n) is 17.0. The van der Waals surface area contributed by atoms with Crippen LogP contribution in [0.1, 0.15) is 44.9 Å². The molecule has 1 aromatic carbocycles. The van der Waals surface area contributed by atoms with Crippen molar-refractivity contribution in [3.63, 3.8) is 0 Å². The quantitative estimate of drug-likeness (QED) is 0.629. The van der Waals surface area contributed by atoms with E-state index in [4.69, 9.17) is 11.6 Å². The van der Waals surface area contributed by atoms with E-state index >= 15 is 0 Å². The molecule has 0 unspecified atom stereocenters. The fourth-order valence-electron chi connectivity index (χ4n) is 4.05. The topological polar surface area (TPSA) is 54.3 Å². The molecule has 1 fully saturated rings. The molecule has 3 aromatic rings. The molecule has 5 nitrogen and oxygen atoms in total. The molecule has 3 heterocycles. The molecule has 0 aliphatic carbocycles. The van der Waals surface area contributed by atoms with Crippen molar-refractivity contribution < 1.29 is 9.59 Å². The van der Waals surface area contributed by atoms with Crippen LogP contribution in [0.5, 0.6) is 0 Å². The molecule has 7 heteroatoms. The minimum atomic E-state index is -0.0360. The highest BCUT2D eigenvalue weighted by Crippen LogP contribution is 2.25. The van der Waals surface area contributed by atoms with E-state index in [2.05, 4.69) is 9.88 Å². The van der Waals surface area contributed by atoms with Crippen molar-refractivity contribution in [2.24, 2.45) is 0 Å². The molecular weight excluding hydrogens is 418 g/mol. The maximum Gasteiger partial charge on any atom is 0.255 e. The zero-order valence-corrected chi connectivity index (χ0v) is 18.6. The van der Waals surface area contributed by atoms with Crippen LogP contribution in [0.3, 0.4) is 0 Å². The van der Waals surface area contributed by atoms with Crippen LogP contribution in [0.4, 0.5) is 0 Å². The largest absolute Gasteiger partial charge is 0.349 e. The fraction of sp³-hybridized carbons (Fsp3) is 0.304. The summed E-state index contributed by atoms with van der Waals surface area (Å²) in [7, 11) is 0. The van der Waals surface area contributed by atoms with Crippen LogP contribution in [0.25, 0.3) is 5.69 Å². The number of piperidine rings is 1. The van der Waals surface area contributed by atoms with E-state index in [9.17, 15) is 9.59 Å². The predicted molar refractivity (Wildman–Crippen MR) is 121 cm³/mol. The highest BCUT2D eigenvalue weighted by molar-refractivity contribution is 7.08. The summed E-state index contributed by atoms with van der Waals surface area (Å²) in [4.78, 5) is 27.3. The Labute approximate surface area is 185 Å². The molecule has 0 atom stereocenters. The first kappa shape index (κ1) is 20.7. The normalized spacial score (nSPS) is 14.7. The summed E-state index contributed by atoms with van der Waals surface area (Å²) in [5.74, 6) is 0.00471. The summed E-state index contributed by atoms with van der Waals surface area (Å²) in [6.07, 6.45) is 1.52. The van der Waals surface area contributed by atoms with Gasteiger partial charge in [-0.1, -0.05) is 17.7 Å². The van der Waals surface area contributed by atoms with Crippen molar-refractivity contribution in [2.75, 3.05) is 13.1 Å². The van der Waals surface area contributed by atoms with Gasteiger partial charge in [-0.3, -0.25) is 9.59 Å². The van der Waals surface area contributed by atoms with Crippen LogP contribution in [-0.2, 0) is 0 Å². The zero-order chi connectivity index (χ0) is 21.3. The summed E-state index contributed by atoms with van der Waals surface area (Å²) in [6.45, 7) is 5.23. The van der Waals surface area contributed by atoms with Gasteiger partial charge in [0.15, 0.2) is 0 Å². The third kappa shape index (κ3) is 4.16. The SMILES string of the molecule is Cc1cc(C(=O)N2CCC(NC(=O)c3ccsc3)CC2)c(C)n1-c1cccc(Cl)c1. The Morgan fingerprint density at radius 3 is 2.57 bits per heavy atom. The van der Waals surface area contributed by atoms with E-state index in [0.717, 1.165) is 29.9 Å². The van der Waals surface area contributed by atoms with Crippen molar-refractivity contribution in [3.05, 3.63) is 74.7 Å². The molecule has 1 saturated heterocycles. The number of carbonyl (C=O) groups excluding carboxylic acids is 2. The smallest absolute Gasteiger partial charge is 0.255 e. The van der Waals surface area contributed by atoms with Gasteiger partial charge in [0.25, 0.3) is 11.8 Å². The van der Waals surface area contributed by atoms with Crippen molar-refractivity contribution in [2.45, 2.75) is 32.7 Å². The van der Waals surface area contributed by atoms with E-state index in [0.29, 0.717) is 29.2 Å². The van der Waals surface area contributed by atoms with Crippen LogP contribution in [0.15, 0.2) is 47.2 Å². The Hall–Kier alpha value is -2.57. The van der Waals surface area contributed by atoms with E-state index in [-0.39, 0.29) is 17.9 Å². The summed E-state index contributed by atoms with van der Waals surface area (Å²) in [5.41, 5.74) is 4.27. The molecule has 0 saturated carbocycles. The molecule has 156 valence electrons. The standard InChI is InChI=1S/C23H24ClN3O2S/c1-15-12-21(16(2)27(15)20-5-3-4-18(24)13-20)23(29)26-9-6-19(7-10-26)25-22(28)17-8-11-30-14-17/h3-5,8,11-14,19H,6-7,9-10H2,1-2H3,(H,25,28). The van der Waals surface area contributed by atoms with Gasteiger partial charge in [0.2, 0.25) is 0 Å². The van der Waals surface area contributed by atoms with Crippen LogP contribution >= 0.6 is 22.9 Å². The second-order valence-corrected chi connectivity index (χ2v) is 8.87. The van der Waals surface area contributed by atoms with Crippen LogP contribution < -0.4 is 5.32 Å². The summed E-state index contributed by atoms with van der Waals surface area (Å²) in [6, 6.07) is 11.5. The van der Waals surface area contributed by atoms with Crippen molar-refractivity contribution in [1.82, 2.24) is 14.8 Å². The van der Waals surface area contributed by atoms with E-state index < -0.39 is 0 Å². The van der Waals surface area contributed by atoms with Crippen LogP contribution in [0, 0.1) is 13.8 Å². The lowest BCUT2D eigenvalue weighted by molar-refractivity contribution is 0.0697. The number of aromatic nitrogens is 1. The van der Waals surface area contributed by atoms with Gasteiger partial charge < -0.3 is 14.8 Å². The third-order valence-electron chi connectivity index (χ3n) is 5.63. The molecule has 0 spiro atoms. The predicted octanol–water partition coefficient (Wildman–Crippen LogP) is 4.84. The highest BCUT2D eigenvalue weighted by Gasteiger charge is 2.27. The van der Waals surface area contributed by atoms with E-state index in [1.54, 1.807) is 0 Å². The molecular formula is C23H24ClN3O2S. The number of amides is 2. The molecule has 2 amide bonds. The van der Waals surface area contributed by atoms with Crippen molar-refractivity contribution in [1.29, 1.82) is 0 Å². The number of hydrogen-bond donors (Lipinski definition) is 1. The first-order valence-electron chi connectivity index (χ1n) is 10.0. The number of nitrogens with one attached hydrogen (secondary N) is 1. The average molecular weight is 442 g/mol. The summed E-state index contributed by atoms with van der Waals surface area (Å²) in [5, 5.41) is 7.50. The van der Waals surface area contributed by atoms with E-state index in [1.807, 2.05) is 65.9 Å². The number of carbonyl (C=O) groups is 2. The minimum Gasteiger partial charge on any atom is -0.349 e. The maximum absolute atomic E-state index is 13.2. The minimum absolute atomic E-state index is 0.0360. The molecule has 1 N–H and O–H groups in total. The number of halogens is 1. The number of likely N-dealkylation sites (tertiary alicyclic amines) is 1. The Bertz CT molecular complexity index is 1070.